The van der Waals surface area contributed by atoms with Gasteiger partial charge in [0.15, 0.2) is 0 Å². The highest BCUT2D eigenvalue weighted by molar-refractivity contribution is 5.99. The number of carbonyl (C=O) groups is 4. The Hall–Kier alpha value is -3.90. The van der Waals surface area contributed by atoms with Crippen LogP contribution in [-0.4, -0.2) is 107 Å². The number of halogens is 2. The zero-order valence-electron chi connectivity index (χ0n) is 23.7. The Labute approximate surface area is 237 Å². The van der Waals surface area contributed by atoms with Crippen LogP contribution in [-0.2, 0) is 16.6 Å². The van der Waals surface area contributed by atoms with Crippen molar-refractivity contribution in [2.45, 2.75) is 50.6 Å². The van der Waals surface area contributed by atoms with Gasteiger partial charge in [0.05, 0.1) is 12.6 Å². The van der Waals surface area contributed by atoms with Crippen molar-refractivity contribution >= 4 is 34.7 Å². The molecule has 4 rings (SSSR count). The Bertz CT molecular complexity index is 1310. The summed E-state index contributed by atoms with van der Waals surface area (Å²) < 4.78 is 34.8. The van der Waals surface area contributed by atoms with Crippen LogP contribution in [0.2, 0.25) is 0 Å². The van der Waals surface area contributed by atoms with Crippen molar-refractivity contribution in [2.24, 2.45) is 13.0 Å². The molecule has 13 heteroatoms. The number of likely N-dealkylation sites (N-methyl/N-ethyl adjacent to an activating group) is 1. The number of rotatable bonds is 7. The van der Waals surface area contributed by atoms with Gasteiger partial charge in [0, 0.05) is 64.6 Å². The van der Waals surface area contributed by atoms with Gasteiger partial charge in [-0.1, -0.05) is 0 Å². The number of hydrogen-bond acceptors (Lipinski definition) is 5. The maximum absolute atomic E-state index is 13.9. The Morgan fingerprint density at radius 1 is 1.07 bits per heavy atom. The van der Waals surface area contributed by atoms with Gasteiger partial charge in [0.1, 0.15) is 23.5 Å². The highest BCUT2D eigenvalue weighted by Crippen LogP contribution is 2.38. The van der Waals surface area contributed by atoms with Gasteiger partial charge in [-0.25, -0.2) is 13.6 Å². The Balaban J connectivity index is 1.45. The van der Waals surface area contributed by atoms with Crippen LogP contribution in [0.4, 0.5) is 13.6 Å². The maximum Gasteiger partial charge on any atom is 0.407 e. The number of hydrogen-bond donors (Lipinski definition) is 2. The number of nitrogens with zero attached hydrogens (tertiary/aromatic N) is 4. The highest BCUT2D eigenvalue weighted by atomic mass is 19.3. The van der Waals surface area contributed by atoms with Crippen LogP contribution in [0, 0.1) is 5.92 Å². The van der Waals surface area contributed by atoms with Crippen molar-refractivity contribution in [3.8, 4) is 5.75 Å². The molecule has 1 aliphatic heterocycles. The van der Waals surface area contributed by atoms with E-state index in [4.69, 9.17) is 4.74 Å². The molecule has 224 valence electrons. The summed E-state index contributed by atoms with van der Waals surface area (Å²) in [5.74, 6) is -3.92. The lowest BCUT2D eigenvalue weighted by atomic mass is 9.81. The first-order chi connectivity index (χ1) is 19.3. The monoisotopic (exact) mass is 577 g/mol. The van der Waals surface area contributed by atoms with Crippen LogP contribution < -0.4 is 10.1 Å². The molecule has 2 atom stereocenters. The molecule has 0 spiro atoms. The number of fused-ring (bicyclic) bond motifs is 1. The molecule has 1 saturated carbocycles. The van der Waals surface area contributed by atoms with Crippen LogP contribution in [0.1, 0.15) is 43.1 Å². The molecule has 2 heterocycles. The van der Waals surface area contributed by atoms with E-state index in [1.807, 2.05) is 24.3 Å². The molecule has 0 unspecified atom stereocenters. The topological polar surface area (TPSA) is 124 Å². The molecule has 2 aliphatic rings. The van der Waals surface area contributed by atoms with E-state index in [-0.39, 0.29) is 57.8 Å². The molecule has 1 aromatic carbocycles. The minimum atomic E-state index is -2.82. The van der Waals surface area contributed by atoms with Gasteiger partial charge >= 0.3 is 6.09 Å². The van der Waals surface area contributed by atoms with Crippen molar-refractivity contribution in [1.82, 2.24) is 24.6 Å². The van der Waals surface area contributed by atoms with E-state index in [0.717, 1.165) is 15.8 Å². The summed E-state index contributed by atoms with van der Waals surface area (Å²) in [4.78, 5) is 55.3. The highest BCUT2D eigenvalue weighted by Gasteiger charge is 2.42. The lowest BCUT2D eigenvalue weighted by molar-refractivity contribution is -0.141. The van der Waals surface area contributed by atoms with Crippen LogP contribution >= 0.6 is 0 Å². The number of amides is 4. The van der Waals surface area contributed by atoms with E-state index in [9.17, 15) is 33.1 Å². The third-order valence-corrected chi connectivity index (χ3v) is 8.41. The molecule has 41 heavy (non-hydrogen) atoms. The second-order valence-electron chi connectivity index (χ2n) is 10.9. The fourth-order valence-corrected chi connectivity index (χ4v) is 5.52. The first-order valence-electron chi connectivity index (χ1n) is 13.7. The summed E-state index contributed by atoms with van der Waals surface area (Å²) in [7, 11) is 4.62. The van der Waals surface area contributed by atoms with Gasteiger partial charge in [0.25, 0.3) is 5.91 Å². The summed E-state index contributed by atoms with van der Waals surface area (Å²) in [6.07, 6.45) is -1.98. The van der Waals surface area contributed by atoms with Crippen molar-refractivity contribution in [1.29, 1.82) is 0 Å². The maximum atomic E-state index is 13.9. The number of carboxylic acid groups (broad SMARTS) is 1. The Kier molecular flexibility index (Phi) is 8.74. The summed E-state index contributed by atoms with van der Waals surface area (Å²) in [5.41, 5.74) is 1.35. The number of ether oxygens (including phenoxy) is 1. The van der Waals surface area contributed by atoms with Gasteiger partial charge in [-0.05, 0) is 43.9 Å². The fraction of sp³-hybridized carbons (Fsp3) is 0.571. The van der Waals surface area contributed by atoms with Gasteiger partial charge in [-0.2, -0.15) is 0 Å². The standard InChI is InChI=1S/C28H37F2N5O6/c1-17(32(2)27(39)40)24(36)31-23(18-7-9-28(29,30)10-8-18)26(38)35-13-11-34(12-14-35)25(37)22-15-19-5-6-20(41-4)16-21(19)33(22)3/h5-6,15-18,23H,7-14H2,1-4H3,(H,31,36)(H,39,40)/t17-,23-/m0/s1. The van der Waals surface area contributed by atoms with Crippen LogP contribution in [0.25, 0.3) is 10.9 Å². The largest absolute Gasteiger partial charge is 0.497 e. The van der Waals surface area contributed by atoms with E-state index in [1.165, 1.54) is 14.0 Å². The van der Waals surface area contributed by atoms with E-state index < -0.39 is 41.8 Å². The number of piperazine rings is 1. The average Bonchev–Trinajstić information content (AvgIpc) is 3.29. The number of aryl methyl sites for hydroxylation is 1. The average molecular weight is 578 g/mol. The van der Waals surface area contributed by atoms with Crippen LogP contribution in [0.5, 0.6) is 5.75 Å². The first-order valence-corrected chi connectivity index (χ1v) is 13.7. The molecule has 2 N–H and O–H groups in total. The van der Waals surface area contributed by atoms with Crippen molar-refractivity contribution in [3.05, 3.63) is 30.0 Å². The lowest BCUT2D eigenvalue weighted by Crippen LogP contribution is -2.60. The number of methoxy groups -OCH3 is 1. The lowest BCUT2D eigenvalue weighted by Gasteiger charge is -2.40. The molecular weight excluding hydrogens is 540 g/mol. The molecule has 1 saturated heterocycles. The van der Waals surface area contributed by atoms with Gasteiger partial charge < -0.3 is 29.5 Å². The number of aromatic nitrogens is 1. The molecular formula is C28H37F2N5O6. The van der Waals surface area contributed by atoms with E-state index in [1.54, 1.807) is 28.5 Å². The second kappa shape index (κ2) is 11.9. The number of nitrogens with one attached hydrogen (secondary N) is 1. The molecule has 0 bridgehead atoms. The smallest absolute Gasteiger partial charge is 0.407 e. The number of alkyl halides is 2. The number of benzene rings is 1. The fourth-order valence-electron chi connectivity index (χ4n) is 5.52. The normalized spacial score (nSPS) is 19.0. The number of carbonyl (C=O) groups excluding carboxylic acids is 3. The quantitative estimate of drug-likeness (QED) is 0.522. The second-order valence-corrected chi connectivity index (χ2v) is 10.9. The predicted molar refractivity (Wildman–Crippen MR) is 146 cm³/mol. The van der Waals surface area contributed by atoms with Gasteiger partial charge in [-0.15, -0.1) is 0 Å². The van der Waals surface area contributed by atoms with Gasteiger partial charge in [0.2, 0.25) is 17.7 Å². The third-order valence-electron chi connectivity index (χ3n) is 8.41. The van der Waals surface area contributed by atoms with E-state index in [0.29, 0.717) is 11.4 Å². The molecule has 4 amide bonds. The molecule has 2 fully saturated rings. The van der Waals surface area contributed by atoms with E-state index in [2.05, 4.69) is 5.32 Å². The molecule has 2 aromatic rings. The molecule has 11 nitrogen and oxygen atoms in total. The molecule has 1 aromatic heterocycles. The summed E-state index contributed by atoms with van der Waals surface area (Å²) in [6, 6.07) is 5.22. The van der Waals surface area contributed by atoms with Crippen molar-refractivity contribution in [2.75, 3.05) is 40.3 Å². The van der Waals surface area contributed by atoms with Gasteiger partial charge in [-0.3, -0.25) is 19.3 Å². The predicted octanol–water partition coefficient (Wildman–Crippen LogP) is 2.78. The minimum Gasteiger partial charge on any atom is -0.497 e. The first kappa shape index (κ1) is 30.1. The summed E-state index contributed by atoms with van der Waals surface area (Å²) in [6.45, 7) is 2.34. The molecule has 1 aliphatic carbocycles. The summed E-state index contributed by atoms with van der Waals surface area (Å²) in [5, 5.41) is 12.8. The third kappa shape index (κ3) is 6.38. The van der Waals surface area contributed by atoms with Crippen LogP contribution in [0.15, 0.2) is 24.3 Å². The Morgan fingerprint density at radius 3 is 2.27 bits per heavy atom. The zero-order valence-corrected chi connectivity index (χ0v) is 23.7. The molecule has 0 radical (unpaired) electrons. The van der Waals surface area contributed by atoms with Crippen LogP contribution in [0.3, 0.4) is 0 Å². The minimum absolute atomic E-state index is 0.0527. The Morgan fingerprint density at radius 2 is 1.68 bits per heavy atom. The van der Waals surface area contributed by atoms with E-state index >= 15 is 0 Å². The SMILES string of the molecule is COc1ccc2cc(C(=O)N3CCN(C(=O)[C@@H](NC(=O)[C@H](C)N(C)C(=O)O)C4CCC(F)(F)CC4)CC3)n(C)c2c1. The van der Waals surface area contributed by atoms with Crippen molar-refractivity contribution in [3.63, 3.8) is 0 Å². The van der Waals surface area contributed by atoms with Crippen molar-refractivity contribution < 1.29 is 37.8 Å². The zero-order chi connectivity index (χ0) is 30.1. The summed E-state index contributed by atoms with van der Waals surface area (Å²) >= 11 is 0.